The molecule has 0 spiro atoms. The fourth-order valence-corrected chi connectivity index (χ4v) is 2.44. The number of benzene rings is 1. The summed E-state index contributed by atoms with van der Waals surface area (Å²) in [5.74, 6) is 0.482. The van der Waals surface area contributed by atoms with E-state index < -0.39 is 0 Å². The molecular formula is C17H22N4O2. The van der Waals surface area contributed by atoms with Crippen molar-refractivity contribution in [3.63, 3.8) is 0 Å². The van der Waals surface area contributed by atoms with Gasteiger partial charge in [0.05, 0.1) is 5.52 Å². The largest absolute Gasteiger partial charge is 0.383 e. The number of nitrogen functional groups attached to an aromatic ring is 1. The van der Waals surface area contributed by atoms with Gasteiger partial charge in [0, 0.05) is 30.1 Å². The zero-order valence-electron chi connectivity index (χ0n) is 14.0. The minimum Gasteiger partial charge on any atom is -0.383 e. The van der Waals surface area contributed by atoms with E-state index in [4.69, 9.17) is 5.73 Å². The molecule has 0 fully saturated rings. The highest BCUT2D eigenvalue weighted by Gasteiger charge is 2.16. The van der Waals surface area contributed by atoms with Gasteiger partial charge < -0.3 is 10.6 Å². The van der Waals surface area contributed by atoms with Gasteiger partial charge in [0.15, 0.2) is 11.6 Å². The first kappa shape index (κ1) is 16.9. The molecule has 0 aliphatic heterocycles. The molecule has 0 atom stereocenters. The van der Waals surface area contributed by atoms with Crippen molar-refractivity contribution >= 4 is 34.2 Å². The second-order valence-electron chi connectivity index (χ2n) is 5.71. The van der Waals surface area contributed by atoms with Crippen molar-refractivity contribution in [1.82, 2.24) is 9.97 Å². The third-order valence-electron chi connectivity index (χ3n) is 3.80. The Morgan fingerprint density at radius 2 is 1.74 bits per heavy atom. The summed E-state index contributed by atoms with van der Waals surface area (Å²) in [6.45, 7) is 5.81. The second-order valence-corrected chi connectivity index (χ2v) is 5.71. The highest BCUT2D eigenvalue weighted by atomic mass is 16.1. The molecule has 1 aromatic heterocycles. The first-order chi connectivity index (χ1) is 10.8. The van der Waals surface area contributed by atoms with Crippen molar-refractivity contribution in [3.8, 4) is 0 Å². The van der Waals surface area contributed by atoms with E-state index in [1.54, 1.807) is 12.1 Å². The predicted molar refractivity (Wildman–Crippen MR) is 92.1 cm³/mol. The number of Topliss-reactive ketones (excluding diaryl/α,β-unsaturated/α-hetero) is 2. The molecule has 6 nitrogen and oxygen atoms in total. The lowest BCUT2D eigenvalue weighted by molar-refractivity contribution is 0.0981. The molecule has 0 amide bonds. The predicted octanol–water partition coefficient (Wildman–Crippen LogP) is 2.85. The molecule has 0 bridgehead atoms. The van der Waals surface area contributed by atoms with Gasteiger partial charge >= 0.3 is 0 Å². The Kier molecular flexibility index (Phi) is 4.93. The number of ketones is 2. The van der Waals surface area contributed by atoms with Crippen LogP contribution in [0.4, 0.5) is 11.8 Å². The third-order valence-corrected chi connectivity index (χ3v) is 3.80. The standard InChI is InChI=1S/C17H22N4O2/c1-5-6-7-21(4)17-19-15-9-13(11(3)23)12(10(2)22)8-14(15)16(18)20-17/h8-9H,5-7H2,1-4H3,(H2,18,19,20). The number of unbranched alkanes of at least 4 members (excludes halogenated alkanes) is 1. The van der Waals surface area contributed by atoms with Crippen LogP contribution in [-0.2, 0) is 0 Å². The van der Waals surface area contributed by atoms with Gasteiger partial charge in [-0.3, -0.25) is 9.59 Å². The van der Waals surface area contributed by atoms with E-state index in [1.807, 2.05) is 11.9 Å². The smallest absolute Gasteiger partial charge is 0.227 e. The van der Waals surface area contributed by atoms with E-state index >= 15 is 0 Å². The zero-order valence-corrected chi connectivity index (χ0v) is 14.0. The van der Waals surface area contributed by atoms with Gasteiger partial charge in [-0.1, -0.05) is 13.3 Å². The summed E-state index contributed by atoms with van der Waals surface area (Å²) in [6.07, 6.45) is 2.10. The first-order valence-corrected chi connectivity index (χ1v) is 7.69. The number of hydrogen-bond acceptors (Lipinski definition) is 6. The molecule has 0 aliphatic rings. The SMILES string of the molecule is CCCCN(C)c1nc(N)c2cc(C(C)=O)c(C(C)=O)cc2n1. The number of rotatable bonds is 6. The fourth-order valence-electron chi connectivity index (χ4n) is 2.44. The Bertz CT molecular complexity index is 771. The number of anilines is 2. The average Bonchev–Trinajstić information content (AvgIpc) is 2.51. The van der Waals surface area contributed by atoms with Crippen LogP contribution in [0.1, 0.15) is 54.3 Å². The summed E-state index contributed by atoms with van der Waals surface area (Å²) in [5.41, 5.74) is 7.34. The number of hydrogen-bond donors (Lipinski definition) is 1. The number of aromatic nitrogens is 2. The highest BCUT2D eigenvalue weighted by molar-refractivity contribution is 6.11. The lowest BCUT2D eigenvalue weighted by Crippen LogP contribution is -2.21. The maximum absolute atomic E-state index is 11.8. The molecule has 1 heterocycles. The number of nitrogens with zero attached hydrogens (tertiary/aromatic N) is 3. The summed E-state index contributed by atoms with van der Waals surface area (Å²) in [6, 6.07) is 3.24. The van der Waals surface area contributed by atoms with Crippen LogP contribution in [0.2, 0.25) is 0 Å². The number of carbonyl (C=O) groups is 2. The average molecular weight is 314 g/mol. The van der Waals surface area contributed by atoms with Gasteiger partial charge in [0.1, 0.15) is 5.82 Å². The molecule has 0 radical (unpaired) electrons. The molecule has 122 valence electrons. The minimum absolute atomic E-state index is 0.171. The van der Waals surface area contributed by atoms with Crippen LogP contribution in [-0.4, -0.2) is 35.1 Å². The Labute approximate surface area is 135 Å². The van der Waals surface area contributed by atoms with Crippen LogP contribution in [0.15, 0.2) is 12.1 Å². The van der Waals surface area contributed by atoms with E-state index in [9.17, 15) is 9.59 Å². The molecule has 0 saturated heterocycles. The number of carbonyl (C=O) groups excluding carboxylic acids is 2. The van der Waals surface area contributed by atoms with Crippen LogP contribution in [0.3, 0.4) is 0 Å². The maximum atomic E-state index is 11.8. The van der Waals surface area contributed by atoms with Gasteiger partial charge in [-0.05, 0) is 32.4 Å². The van der Waals surface area contributed by atoms with E-state index in [1.165, 1.54) is 13.8 Å². The topological polar surface area (TPSA) is 89.2 Å². The molecule has 2 aromatic rings. The normalized spacial score (nSPS) is 10.8. The Hall–Kier alpha value is -2.50. The Morgan fingerprint density at radius 3 is 2.30 bits per heavy atom. The lowest BCUT2D eigenvalue weighted by Gasteiger charge is -2.18. The molecule has 1 aromatic carbocycles. The van der Waals surface area contributed by atoms with E-state index in [0.29, 0.717) is 33.8 Å². The lowest BCUT2D eigenvalue weighted by atomic mass is 9.99. The summed E-state index contributed by atoms with van der Waals surface area (Å²) in [5, 5.41) is 0.591. The van der Waals surface area contributed by atoms with Crippen LogP contribution in [0.5, 0.6) is 0 Å². The Balaban J connectivity index is 2.61. The molecule has 0 aliphatic carbocycles. The molecule has 6 heteroatoms. The van der Waals surface area contributed by atoms with Crippen LogP contribution < -0.4 is 10.6 Å². The monoisotopic (exact) mass is 314 g/mol. The fraction of sp³-hybridized carbons (Fsp3) is 0.412. The molecule has 2 rings (SSSR count). The summed E-state index contributed by atoms with van der Waals surface area (Å²) in [7, 11) is 1.91. The van der Waals surface area contributed by atoms with Crippen molar-refractivity contribution in [3.05, 3.63) is 23.3 Å². The van der Waals surface area contributed by atoms with E-state index in [2.05, 4.69) is 16.9 Å². The van der Waals surface area contributed by atoms with Gasteiger partial charge in [0.2, 0.25) is 5.95 Å². The van der Waals surface area contributed by atoms with Gasteiger partial charge in [-0.25, -0.2) is 4.98 Å². The number of nitrogens with two attached hydrogens (primary N) is 1. The van der Waals surface area contributed by atoms with Crippen molar-refractivity contribution in [2.24, 2.45) is 0 Å². The Morgan fingerprint density at radius 1 is 1.13 bits per heavy atom. The van der Waals surface area contributed by atoms with Crippen LogP contribution in [0.25, 0.3) is 10.9 Å². The third kappa shape index (κ3) is 3.47. The van der Waals surface area contributed by atoms with Crippen molar-refractivity contribution in [2.45, 2.75) is 33.6 Å². The van der Waals surface area contributed by atoms with Crippen molar-refractivity contribution in [1.29, 1.82) is 0 Å². The van der Waals surface area contributed by atoms with Gasteiger partial charge in [-0.2, -0.15) is 4.98 Å². The summed E-state index contributed by atoms with van der Waals surface area (Å²) in [4.78, 5) is 34.4. The molecule has 2 N–H and O–H groups in total. The van der Waals surface area contributed by atoms with Crippen LogP contribution in [0, 0.1) is 0 Å². The summed E-state index contributed by atoms with van der Waals surface area (Å²) >= 11 is 0. The van der Waals surface area contributed by atoms with Gasteiger partial charge in [0.25, 0.3) is 0 Å². The molecule has 23 heavy (non-hydrogen) atoms. The minimum atomic E-state index is -0.180. The van der Waals surface area contributed by atoms with E-state index in [-0.39, 0.29) is 11.6 Å². The molecular weight excluding hydrogens is 292 g/mol. The number of fused-ring (bicyclic) bond motifs is 1. The van der Waals surface area contributed by atoms with Crippen molar-refractivity contribution < 1.29 is 9.59 Å². The summed E-state index contributed by atoms with van der Waals surface area (Å²) < 4.78 is 0. The first-order valence-electron chi connectivity index (χ1n) is 7.69. The molecule has 0 saturated carbocycles. The molecule has 0 unspecified atom stereocenters. The van der Waals surface area contributed by atoms with Crippen LogP contribution >= 0.6 is 0 Å². The zero-order chi connectivity index (χ0) is 17.1. The van der Waals surface area contributed by atoms with Gasteiger partial charge in [-0.15, -0.1) is 0 Å². The maximum Gasteiger partial charge on any atom is 0.227 e. The second kappa shape index (κ2) is 6.73. The highest BCUT2D eigenvalue weighted by Crippen LogP contribution is 2.25. The van der Waals surface area contributed by atoms with Crippen molar-refractivity contribution in [2.75, 3.05) is 24.2 Å². The van der Waals surface area contributed by atoms with E-state index in [0.717, 1.165) is 19.4 Å². The quantitative estimate of drug-likeness (QED) is 0.825.